The molecule has 1 spiro atoms. The van der Waals surface area contributed by atoms with Crippen LogP contribution in [0.2, 0.25) is 0 Å². The normalized spacial score (nSPS) is 34.2. The molecule has 0 amide bonds. The fourth-order valence-corrected chi connectivity index (χ4v) is 1.93. The number of hydrogen-bond acceptors (Lipinski definition) is 5. The molecule has 2 atom stereocenters. The monoisotopic (exact) mass is 238 g/mol. The number of thiocarbonyl (C=S) groups is 2. The molecule has 0 unspecified atom stereocenters. The number of aliphatic hydroxyl groups is 1. The van der Waals surface area contributed by atoms with Crippen LogP contribution in [-0.4, -0.2) is 45.9 Å². The summed E-state index contributed by atoms with van der Waals surface area (Å²) in [5.74, 6) is 0. The quantitative estimate of drug-likeness (QED) is 0.456. The molecule has 2 rings (SSSR count). The molecule has 0 aromatic rings. The second-order valence-electron chi connectivity index (χ2n) is 2.87. The summed E-state index contributed by atoms with van der Waals surface area (Å²) in [4.78, 5) is 0. The van der Waals surface area contributed by atoms with Gasteiger partial charge in [-0.25, -0.2) is 0 Å². The third-order valence-corrected chi connectivity index (χ3v) is 2.46. The van der Waals surface area contributed by atoms with Crippen LogP contribution >= 0.6 is 24.4 Å². The molecule has 0 saturated carbocycles. The Bertz CT molecular complexity index is 271. The van der Waals surface area contributed by atoms with Gasteiger partial charge in [-0.05, 0) is 24.4 Å². The Morgan fingerprint density at radius 1 is 1.43 bits per heavy atom. The van der Waals surface area contributed by atoms with Gasteiger partial charge in [-0.3, -0.25) is 0 Å². The van der Waals surface area contributed by atoms with Crippen LogP contribution in [0, 0.1) is 0 Å². The van der Waals surface area contributed by atoms with E-state index in [0.29, 0.717) is 11.8 Å². The minimum absolute atomic E-state index is 0. The molecule has 2 saturated heterocycles. The van der Waals surface area contributed by atoms with E-state index in [1.54, 1.807) is 0 Å². The van der Waals surface area contributed by atoms with E-state index in [4.69, 9.17) is 39.0 Å². The summed E-state index contributed by atoms with van der Waals surface area (Å²) in [5, 5.41) is 15.3. The SMILES string of the molecule is O.OC[C@@H]1OC(=S)N[C@@]12COC(=S)N2. The summed E-state index contributed by atoms with van der Waals surface area (Å²) in [6, 6.07) is 0. The highest BCUT2D eigenvalue weighted by Gasteiger charge is 2.51. The smallest absolute Gasteiger partial charge is 0.259 e. The van der Waals surface area contributed by atoms with E-state index < -0.39 is 11.8 Å². The maximum absolute atomic E-state index is 9.03. The van der Waals surface area contributed by atoms with Crippen LogP contribution < -0.4 is 10.6 Å². The molecule has 0 bridgehead atoms. The van der Waals surface area contributed by atoms with Crippen LogP contribution in [-0.2, 0) is 9.47 Å². The zero-order valence-electron chi connectivity index (χ0n) is 7.07. The van der Waals surface area contributed by atoms with E-state index in [0.717, 1.165) is 0 Å². The molecular formula is C6H10N2O4S2. The second-order valence-corrected chi connectivity index (χ2v) is 3.62. The summed E-state index contributed by atoms with van der Waals surface area (Å²) >= 11 is 9.64. The van der Waals surface area contributed by atoms with Crippen LogP contribution in [0.1, 0.15) is 0 Å². The fourth-order valence-electron chi connectivity index (χ4n) is 1.39. The molecule has 14 heavy (non-hydrogen) atoms. The van der Waals surface area contributed by atoms with Crippen molar-refractivity contribution in [3.8, 4) is 0 Å². The van der Waals surface area contributed by atoms with Crippen LogP contribution in [0.5, 0.6) is 0 Å². The number of rotatable bonds is 1. The van der Waals surface area contributed by atoms with Gasteiger partial charge in [-0.15, -0.1) is 0 Å². The predicted molar refractivity (Wildman–Crippen MR) is 55.7 cm³/mol. The molecule has 0 radical (unpaired) electrons. The number of nitrogens with one attached hydrogen (secondary N) is 2. The van der Waals surface area contributed by atoms with E-state index >= 15 is 0 Å². The van der Waals surface area contributed by atoms with Crippen molar-refractivity contribution in [2.24, 2.45) is 0 Å². The van der Waals surface area contributed by atoms with Gasteiger partial charge in [0.05, 0.1) is 6.61 Å². The number of aliphatic hydroxyl groups excluding tert-OH is 1. The van der Waals surface area contributed by atoms with Gasteiger partial charge >= 0.3 is 0 Å². The molecule has 2 heterocycles. The van der Waals surface area contributed by atoms with Gasteiger partial charge in [-0.1, -0.05) is 0 Å². The van der Waals surface area contributed by atoms with Crippen molar-refractivity contribution in [3.63, 3.8) is 0 Å². The van der Waals surface area contributed by atoms with Crippen molar-refractivity contribution in [3.05, 3.63) is 0 Å². The van der Waals surface area contributed by atoms with Crippen molar-refractivity contribution < 1.29 is 20.1 Å². The molecule has 0 aliphatic carbocycles. The van der Waals surface area contributed by atoms with E-state index in [-0.39, 0.29) is 17.3 Å². The average molecular weight is 238 g/mol. The molecule has 80 valence electrons. The molecule has 0 aromatic carbocycles. The van der Waals surface area contributed by atoms with E-state index in [1.165, 1.54) is 0 Å². The molecule has 2 aliphatic heterocycles. The molecular weight excluding hydrogens is 228 g/mol. The van der Waals surface area contributed by atoms with E-state index in [2.05, 4.69) is 10.6 Å². The fraction of sp³-hybridized carbons (Fsp3) is 0.667. The topological polar surface area (TPSA) is 94.3 Å². The first kappa shape index (κ1) is 11.4. The molecule has 2 fully saturated rings. The minimum atomic E-state index is -0.678. The summed E-state index contributed by atoms with van der Waals surface area (Å²) < 4.78 is 10.2. The summed E-state index contributed by atoms with van der Waals surface area (Å²) in [6.07, 6.45) is -0.458. The van der Waals surface area contributed by atoms with E-state index in [9.17, 15) is 0 Å². The Morgan fingerprint density at radius 2 is 2.07 bits per heavy atom. The predicted octanol–water partition coefficient (Wildman–Crippen LogP) is -1.97. The van der Waals surface area contributed by atoms with Gasteiger partial charge in [0.15, 0.2) is 11.8 Å². The first-order chi connectivity index (χ1) is 6.16. The standard InChI is InChI=1S/C6H8N2O3S2.H2O/c9-1-3-6(8-5(13)11-3)2-10-4(12)7-6;/h3,9H,1-2H2,(H,7,12)(H,8,13);1H2/t3-,6-;/m0./s1. The lowest BCUT2D eigenvalue weighted by atomic mass is 10.1. The molecule has 6 nitrogen and oxygen atoms in total. The first-order valence-electron chi connectivity index (χ1n) is 3.71. The van der Waals surface area contributed by atoms with Crippen LogP contribution in [0.4, 0.5) is 0 Å². The zero-order chi connectivity index (χ0) is 9.47. The molecule has 5 N–H and O–H groups in total. The lowest BCUT2D eigenvalue weighted by molar-refractivity contribution is 0.0604. The highest BCUT2D eigenvalue weighted by Crippen LogP contribution is 2.22. The van der Waals surface area contributed by atoms with Gasteiger partial charge in [-0.2, -0.15) is 0 Å². The first-order valence-corrected chi connectivity index (χ1v) is 4.52. The zero-order valence-corrected chi connectivity index (χ0v) is 8.70. The minimum Gasteiger partial charge on any atom is -0.466 e. The Labute approximate surface area is 90.9 Å². The van der Waals surface area contributed by atoms with Gasteiger partial charge in [0.1, 0.15) is 6.61 Å². The van der Waals surface area contributed by atoms with Crippen LogP contribution in [0.3, 0.4) is 0 Å². The Balaban J connectivity index is 0.000000980. The van der Waals surface area contributed by atoms with Crippen molar-refractivity contribution >= 4 is 34.8 Å². The molecule has 2 aliphatic rings. The third-order valence-electron chi connectivity index (χ3n) is 2.05. The van der Waals surface area contributed by atoms with Gasteiger partial charge in [0, 0.05) is 0 Å². The van der Waals surface area contributed by atoms with Crippen molar-refractivity contribution in [1.82, 2.24) is 10.6 Å². The summed E-state index contributed by atoms with van der Waals surface area (Å²) in [7, 11) is 0. The van der Waals surface area contributed by atoms with Crippen LogP contribution in [0.15, 0.2) is 0 Å². The van der Waals surface area contributed by atoms with Gasteiger partial charge in [0.25, 0.3) is 10.3 Å². The van der Waals surface area contributed by atoms with Crippen LogP contribution in [0.25, 0.3) is 0 Å². The third kappa shape index (κ3) is 1.61. The number of ether oxygens (including phenoxy) is 2. The van der Waals surface area contributed by atoms with E-state index in [1.807, 2.05) is 0 Å². The van der Waals surface area contributed by atoms with Gasteiger partial charge < -0.3 is 30.7 Å². The van der Waals surface area contributed by atoms with Crippen molar-refractivity contribution in [2.45, 2.75) is 11.8 Å². The Hall–Kier alpha value is -0.700. The highest BCUT2D eigenvalue weighted by molar-refractivity contribution is 7.80. The summed E-state index contributed by atoms with van der Waals surface area (Å²) in [5.41, 5.74) is -0.678. The number of hydrogen-bond donors (Lipinski definition) is 3. The van der Waals surface area contributed by atoms with Crippen molar-refractivity contribution in [1.29, 1.82) is 0 Å². The average Bonchev–Trinajstić information content (AvgIpc) is 2.57. The molecule has 0 aromatic heterocycles. The largest absolute Gasteiger partial charge is 0.466 e. The molecule has 8 heteroatoms. The van der Waals surface area contributed by atoms with Crippen molar-refractivity contribution in [2.75, 3.05) is 13.2 Å². The lowest BCUT2D eigenvalue weighted by Crippen LogP contribution is -2.59. The maximum atomic E-state index is 9.03. The Kier molecular flexibility index (Phi) is 3.10. The highest BCUT2D eigenvalue weighted by atomic mass is 32.1. The van der Waals surface area contributed by atoms with Gasteiger partial charge in [0.2, 0.25) is 0 Å². The maximum Gasteiger partial charge on any atom is 0.259 e. The second kappa shape index (κ2) is 3.81. The lowest BCUT2D eigenvalue weighted by Gasteiger charge is -2.24. The summed E-state index contributed by atoms with van der Waals surface area (Å²) in [6.45, 7) is 0.156. The Morgan fingerprint density at radius 3 is 2.57 bits per heavy atom.